The molecule has 0 bridgehead atoms. The number of unbranched alkanes of at least 4 members (excludes halogenated alkanes) is 4. The second kappa shape index (κ2) is 8.78. The van der Waals surface area contributed by atoms with Gasteiger partial charge >= 0.3 is 0 Å². The van der Waals surface area contributed by atoms with E-state index in [2.05, 4.69) is 41.9 Å². The standard InChI is InChI=1S/C22H25Cl2N/c1-25-21(16-18-15-20(24)12-13-22(18)25)11-6-4-2-3-5-8-17-9-7-10-19(23)14-17/h7,9-10,12-16H,2-6,8,11H2,1H3. The van der Waals surface area contributed by atoms with Crippen molar-refractivity contribution < 1.29 is 0 Å². The fraction of sp³-hybridized carbons (Fsp3) is 0.364. The van der Waals surface area contributed by atoms with Crippen LogP contribution in [0.25, 0.3) is 10.9 Å². The minimum Gasteiger partial charge on any atom is -0.348 e. The highest BCUT2D eigenvalue weighted by atomic mass is 35.5. The number of halogens is 2. The summed E-state index contributed by atoms with van der Waals surface area (Å²) in [5.74, 6) is 0. The molecule has 0 aliphatic carbocycles. The van der Waals surface area contributed by atoms with Gasteiger partial charge < -0.3 is 4.57 Å². The summed E-state index contributed by atoms with van der Waals surface area (Å²) in [5, 5.41) is 2.89. The predicted octanol–water partition coefficient (Wildman–Crippen LogP) is 7.22. The number of rotatable bonds is 8. The zero-order valence-corrected chi connectivity index (χ0v) is 16.3. The molecule has 0 saturated heterocycles. The maximum Gasteiger partial charge on any atom is 0.0480 e. The molecule has 3 rings (SSSR count). The summed E-state index contributed by atoms with van der Waals surface area (Å²) in [7, 11) is 2.15. The third-order valence-electron chi connectivity index (χ3n) is 4.89. The molecule has 0 saturated carbocycles. The summed E-state index contributed by atoms with van der Waals surface area (Å²) in [6.07, 6.45) is 8.63. The van der Waals surface area contributed by atoms with Crippen LogP contribution in [0.5, 0.6) is 0 Å². The van der Waals surface area contributed by atoms with E-state index in [1.807, 2.05) is 18.2 Å². The van der Waals surface area contributed by atoms with Crippen molar-refractivity contribution in [2.45, 2.75) is 44.9 Å². The first-order valence-electron chi connectivity index (χ1n) is 9.12. The van der Waals surface area contributed by atoms with Gasteiger partial charge in [0.1, 0.15) is 0 Å². The Morgan fingerprint density at radius 2 is 1.48 bits per heavy atom. The van der Waals surface area contributed by atoms with Crippen molar-refractivity contribution in [1.82, 2.24) is 4.57 Å². The van der Waals surface area contributed by atoms with Crippen LogP contribution in [0.3, 0.4) is 0 Å². The third kappa shape index (κ3) is 5.03. The first kappa shape index (κ1) is 18.4. The number of fused-ring (bicyclic) bond motifs is 1. The highest BCUT2D eigenvalue weighted by Crippen LogP contribution is 2.24. The maximum absolute atomic E-state index is 6.09. The molecule has 0 fully saturated rings. The van der Waals surface area contributed by atoms with Crippen LogP contribution in [0.1, 0.15) is 43.4 Å². The van der Waals surface area contributed by atoms with Crippen LogP contribution in [0.2, 0.25) is 10.0 Å². The smallest absolute Gasteiger partial charge is 0.0480 e. The highest BCUT2D eigenvalue weighted by molar-refractivity contribution is 6.31. The van der Waals surface area contributed by atoms with Crippen molar-refractivity contribution in [3.05, 3.63) is 69.8 Å². The number of hydrogen-bond acceptors (Lipinski definition) is 0. The van der Waals surface area contributed by atoms with Gasteiger partial charge in [-0.2, -0.15) is 0 Å². The number of benzene rings is 2. The Morgan fingerprint density at radius 1 is 0.760 bits per heavy atom. The fourth-order valence-electron chi connectivity index (χ4n) is 3.48. The molecule has 1 heterocycles. The van der Waals surface area contributed by atoms with Gasteiger partial charge in [-0.3, -0.25) is 0 Å². The van der Waals surface area contributed by atoms with Gasteiger partial charge in [-0.15, -0.1) is 0 Å². The second-order valence-electron chi connectivity index (χ2n) is 6.80. The van der Waals surface area contributed by atoms with Gasteiger partial charge in [0, 0.05) is 33.7 Å². The summed E-state index contributed by atoms with van der Waals surface area (Å²) in [6, 6.07) is 16.6. The maximum atomic E-state index is 6.09. The minimum absolute atomic E-state index is 0.810. The monoisotopic (exact) mass is 373 g/mol. The third-order valence-corrected chi connectivity index (χ3v) is 5.36. The molecule has 25 heavy (non-hydrogen) atoms. The molecule has 1 nitrogen and oxygen atoms in total. The topological polar surface area (TPSA) is 4.93 Å². The number of aryl methyl sites for hydroxylation is 3. The fourth-order valence-corrected chi connectivity index (χ4v) is 3.87. The number of hydrogen-bond donors (Lipinski definition) is 0. The molecule has 132 valence electrons. The molecule has 0 atom stereocenters. The summed E-state index contributed by atoms with van der Waals surface area (Å²) >= 11 is 12.1. The molecule has 2 aromatic carbocycles. The molecule has 0 N–H and O–H groups in total. The van der Waals surface area contributed by atoms with Crippen LogP contribution in [0.15, 0.2) is 48.5 Å². The average molecular weight is 374 g/mol. The first-order valence-corrected chi connectivity index (χ1v) is 9.87. The van der Waals surface area contributed by atoms with Crippen LogP contribution >= 0.6 is 23.2 Å². The molecular weight excluding hydrogens is 349 g/mol. The van der Waals surface area contributed by atoms with Gasteiger partial charge in [0.05, 0.1) is 0 Å². The van der Waals surface area contributed by atoms with E-state index >= 15 is 0 Å². The van der Waals surface area contributed by atoms with Gasteiger partial charge in [-0.1, -0.05) is 54.6 Å². The zero-order chi connectivity index (χ0) is 17.6. The van der Waals surface area contributed by atoms with Crippen LogP contribution < -0.4 is 0 Å². The van der Waals surface area contributed by atoms with E-state index in [-0.39, 0.29) is 0 Å². The van der Waals surface area contributed by atoms with Crippen molar-refractivity contribution in [2.24, 2.45) is 7.05 Å². The lowest BCUT2D eigenvalue weighted by Gasteiger charge is -2.05. The van der Waals surface area contributed by atoms with E-state index in [4.69, 9.17) is 23.2 Å². The van der Waals surface area contributed by atoms with E-state index < -0.39 is 0 Å². The highest BCUT2D eigenvalue weighted by Gasteiger charge is 2.06. The van der Waals surface area contributed by atoms with Gasteiger partial charge in [0.25, 0.3) is 0 Å². The van der Waals surface area contributed by atoms with Gasteiger partial charge in [0.15, 0.2) is 0 Å². The summed E-state index contributed by atoms with van der Waals surface area (Å²) in [4.78, 5) is 0. The van der Waals surface area contributed by atoms with Crippen LogP contribution in [-0.4, -0.2) is 4.57 Å². The van der Waals surface area contributed by atoms with E-state index in [1.54, 1.807) is 0 Å². The van der Waals surface area contributed by atoms with E-state index in [0.29, 0.717) is 0 Å². The SMILES string of the molecule is Cn1c(CCCCCCCc2cccc(Cl)c2)cc2cc(Cl)ccc21. The Hall–Kier alpha value is -1.44. The van der Waals surface area contributed by atoms with Gasteiger partial charge in [-0.05, 0) is 67.6 Å². The molecule has 1 aromatic heterocycles. The van der Waals surface area contributed by atoms with Crippen LogP contribution in [0.4, 0.5) is 0 Å². The van der Waals surface area contributed by atoms with Crippen LogP contribution in [-0.2, 0) is 19.9 Å². The number of aromatic nitrogens is 1. The van der Waals surface area contributed by atoms with E-state index in [9.17, 15) is 0 Å². The molecule has 0 aliphatic heterocycles. The number of nitrogens with zero attached hydrogens (tertiary/aromatic N) is 1. The first-order chi connectivity index (χ1) is 12.1. The Bertz CT molecular complexity index is 835. The Labute approximate surface area is 160 Å². The summed E-state index contributed by atoms with van der Waals surface area (Å²) in [6.45, 7) is 0. The molecule has 3 aromatic rings. The van der Waals surface area contributed by atoms with Crippen molar-refractivity contribution in [3.8, 4) is 0 Å². The lowest BCUT2D eigenvalue weighted by molar-refractivity contribution is 0.606. The summed E-state index contributed by atoms with van der Waals surface area (Å²) in [5.41, 5.74) is 4.01. The van der Waals surface area contributed by atoms with Gasteiger partial charge in [-0.25, -0.2) is 0 Å². The van der Waals surface area contributed by atoms with Crippen LogP contribution in [0, 0.1) is 0 Å². The largest absolute Gasteiger partial charge is 0.348 e. The van der Waals surface area contributed by atoms with E-state index in [1.165, 1.54) is 54.3 Å². The van der Waals surface area contributed by atoms with Crippen molar-refractivity contribution in [2.75, 3.05) is 0 Å². The Kier molecular flexibility index (Phi) is 6.45. The van der Waals surface area contributed by atoms with Crippen molar-refractivity contribution in [3.63, 3.8) is 0 Å². The molecule has 0 amide bonds. The molecule has 0 spiro atoms. The zero-order valence-electron chi connectivity index (χ0n) is 14.8. The molecule has 0 aliphatic rings. The lowest BCUT2D eigenvalue weighted by atomic mass is 10.0. The Morgan fingerprint density at radius 3 is 2.28 bits per heavy atom. The van der Waals surface area contributed by atoms with Crippen molar-refractivity contribution >= 4 is 34.1 Å². The van der Waals surface area contributed by atoms with Crippen molar-refractivity contribution in [1.29, 1.82) is 0 Å². The van der Waals surface area contributed by atoms with Gasteiger partial charge in [0.2, 0.25) is 0 Å². The average Bonchev–Trinajstić information content (AvgIpc) is 2.89. The normalized spacial score (nSPS) is 11.3. The molecular formula is C22H25Cl2N. The minimum atomic E-state index is 0.810. The predicted molar refractivity (Wildman–Crippen MR) is 110 cm³/mol. The Balaban J connectivity index is 1.38. The quantitative estimate of drug-likeness (QED) is 0.367. The molecule has 0 unspecified atom stereocenters. The second-order valence-corrected chi connectivity index (χ2v) is 7.67. The van der Waals surface area contributed by atoms with E-state index in [0.717, 1.165) is 22.9 Å². The molecule has 0 radical (unpaired) electrons. The molecule has 3 heteroatoms. The lowest BCUT2D eigenvalue weighted by Crippen LogP contribution is -1.96. The summed E-state index contributed by atoms with van der Waals surface area (Å²) < 4.78 is 2.30.